The number of sulfonamides is 1. The summed E-state index contributed by atoms with van der Waals surface area (Å²) in [4.78, 5) is 12.9. The molecule has 0 radical (unpaired) electrons. The molecule has 0 aliphatic rings. The number of hydrogen-bond acceptors (Lipinski definition) is 5. The predicted molar refractivity (Wildman–Crippen MR) is 115 cm³/mol. The fourth-order valence-corrected chi connectivity index (χ4v) is 4.08. The van der Waals surface area contributed by atoms with Crippen molar-refractivity contribution in [1.82, 2.24) is 4.57 Å². The molecule has 1 aromatic heterocycles. The highest BCUT2D eigenvalue weighted by Gasteiger charge is 2.20. The van der Waals surface area contributed by atoms with Gasteiger partial charge in [-0.15, -0.1) is 0 Å². The van der Waals surface area contributed by atoms with Crippen LogP contribution in [0.15, 0.2) is 48.5 Å². The van der Waals surface area contributed by atoms with Crippen LogP contribution in [0.1, 0.15) is 27.3 Å². The maximum Gasteiger partial charge on any atom is 0.234 e. The highest BCUT2D eigenvalue weighted by molar-refractivity contribution is 7.92. The van der Waals surface area contributed by atoms with Gasteiger partial charge in [-0.05, 0) is 42.0 Å². The first-order valence-corrected chi connectivity index (χ1v) is 11.2. The van der Waals surface area contributed by atoms with E-state index in [-0.39, 0.29) is 29.2 Å². The molecule has 7 nitrogen and oxygen atoms in total. The smallest absolute Gasteiger partial charge is 0.234 e. The zero-order valence-electron chi connectivity index (χ0n) is 17.4. The van der Waals surface area contributed by atoms with Gasteiger partial charge in [-0.2, -0.15) is 0 Å². The first-order chi connectivity index (χ1) is 15.1. The van der Waals surface area contributed by atoms with Crippen LogP contribution in [0.4, 0.5) is 14.5 Å². The van der Waals surface area contributed by atoms with Crippen molar-refractivity contribution >= 4 is 21.5 Å². The van der Waals surface area contributed by atoms with E-state index in [0.717, 1.165) is 12.1 Å². The minimum atomic E-state index is -3.76. The Morgan fingerprint density at radius 2 is 1.88 bits per heavy atom. The average molecular weight is 464 g/mol. The number of nitrogens with one attached hydrogen (secondary N) is 1. The van der Waals surface area contributed by atoms with Crippen LogP contribution in [0.3, 0.4) is 0 Å². The van der Waals surface area contributed by atoms with Gasteiger partial charge in [0.25, 0.3) is 0 Å². The largest absolute Gasteiger partial charge is 0.496 e. The number of carbonyl (C=O) groups is 1. The molecule has 3 aromatic rings. The Bertz CT molecular complexity index is 1260. The van der Waals surface area contributed by atoms with E-state index in [2.05, 4.69) is 4.72 Å². The quantitative estimate of drug-likeness (QED) is 0.475. The lowest BCUT2D eigenvalue weighted by Gasteiger charge is -2.11. The van der Waals surface area contributed by atoms with Crippen molar-refractivity contribution in [3.63, 3.8) is 0 Å². The van der Waals surface area contributed by atoms with E-state index < -0.39 is 34.0 Å². The number of anilines is 1. The molecule has 1 heterocycles. The van der Waals surface area contributed by atoms with Gasteiger partial charge in [-0.25, -0.2) is 17.2 Å². The van der Waals surface area contributed by atoms with Gasteiger partial charge in [0.05, 0.1) is 36.4 Å². The Hall–Kier alpha value is -3.24. The van der Waals surface area contributed by atoms with Crippen LogP contribution in [-0.4, -0.2) is 43.3 Å². The molecule has 2 N–H and O–H groups in total. The SMILES string of the molecule is COc1cc(F)ccc1C(=O)c1ccc(Cc2ccc(NS(=O)(=O)CCO)cc2F)n1C. The van der Waals surface area contributed by atoms with Gasteiger partial charge in [0.1, 0.15) is 17.4 Å². The van der Waals surface area contributed by atoms with E-state index in [1.165, 1.54) is 31.4 Å². The van der Waals surface area contributed by atoms with Crippen molar-refractivity contribution in [3.05, 3.63) is 82.7 Å². The molecular formula is C22H22F2N2O5S. The molecule has 0 saturated carbocycles. The molecule has 0 bridgehead atoms. The number of benzene rings is 2. The molecule has 0 aliphatic heterocycles. The molecule has 0 spiro atoms. The highest BCUT2D eigenvalue weighted by atomic mass is 32.2. The number of methoxy groups -OCH3 is 1. The van der Waals surface area contributed by atoms with Gasteiger partial charge < -0.3 is 14.4 Å². The average Bonchev–Trinajstić information content (AvgIpc) is 3.09. The van der Waals surface area contributed by atoms with Crippen molar-refractivity contribution in [2.75, 3.05) is 24.2 Å². The molecule has 170 valence electrons. The van der Waals surface area contributed by atoms with E-state index in [1.54, 1.807) is 23.7 Å². The summed E-state index contributed by atoms with van der Waals surface area (Å²) in [5, 5.41) is 8.78. The van der Waals surface area contributed by atoms with E-state index in [9.17, 15) is 22.0 Å². The van der Waals surface area contributed by atoms with E-state index in [4.69, 9.17) is 9.84 Å². The summed E-state index contributed by atoms with van der Waals surface area (Å²) in [7, 11) is -0.757. The molecule has 0 amide bonds. The lowest BCUT2D eigenvalue weighted by atomic mass is 10.1. The number of aromatic nitrogens is 1. The third kappa shape index (κ3) is 5.14. The summed E-state index contributed by atoms with van der Waals surface area (Å²) in [5.41, 5.74) is 1.51. The van der Waals surface area contributed by atoms with Crippen LogP contribution in [0.2, 0.25) is 0 Å². The van der Waals surface area contributed by atoms with Crippen LogP contribution in [0, 0.1) is 11.6 Å². The van der Waals surface area contributed by atoms with Gasteiger partial charge in [0.15, 0.2) is 0 Å². The van der Waals surface area contributed by atoms with Crippen molar-refractivity contribution in [3.8, 4) is 5.75 Å². The van der Waals surface area contributed by atoms with Crippen molar-refractivity contribution in [2.24, 2.45) is 7.05 Å². The summed E-state index contributed by atoms with van der Waals surface area (Å²) < 4.78 is 60.4. The molecule has 0 saturated heterocycles. The zero-order chi connectivity index (χ0) is 23.5. The second kappa shape index (κ2) is 9.49. The summed E-state index contributed by atoms with van der Waals surface area (Å²) in [6.07, 6.45) is 0.153. The Morgan fingerprint density at radius 1 is 1.12 bits per heavy atom. The van der Waals surface area contributed by atoms with Gasteiger partial charge in [-0.1, -0.05) is 6.07 Å². The van der Waals surface area contributed by atoms with Crippen LogP contribution in [0.25, 0.3) is 0 Å². The van der Waals surface area contributed by atoms with Crippen LogP contribution in [0.5, 0.6) is 5.75 Å². The first-order valence-electron chi connectivity index (χ1n) is 9.58. The molecule has 0 unspecified atom stereocenters. The van der Waals surface area contributed by atoms with Crippen LogP contribution < -0.4 is 9.46 Å². The number of aliphatic hydroxyl groups excluding tert-OH is 1. The second-order valence-electron chi connectivity index (χ2n) is 7.07. The van der Waals surface area contributed by atoms with Crippen molar-refractivity contribution < 1.29 is 31.8 Å². The third-order valence-corrected chi connectivity index (χ3v) is 6.19. The Morgan fingerprint density at radius 3 is 2.53 bits per heavy atom. The molecule has 3 rings (SSSR count). The van der Waals surface area contributed by atoms with Crippen molar-refractivity contribution in [1.29, 1.82) is 0 Å². The van der Waals surface area contributed by atoms with E-state index in [0.29, 0.717) is 17.0 Å². The summed E-state index contributed by atoms with van der Waals surface area (Å²) in [6, 6.07) is 10.8. The van der Waals surface area contributed by atoms with E-state index >= 15 is 0 Å². The summed E-state index contributed by atoms with van der Waals surface area (Å²) >= 11 is 0. The molecule has 2 aromatic carbocycles. The molecule has 10 heteroatoms. The molecule has 0 fully saturated rings. The Balaban J connectivity index is 1.83. The molecule has 0 aliphatic carbocycles. The van der Waals surface area contributed by atoms with Gasteiger partial charge >= 0.3 is 0 Å². The third-order valence-electron chi connectivity index (χ3n) is 4.92. The topological polar surface area (TPSA) is 97.6 Å². The van der Waals surface area contributed by atoms with Crippen LogP contribution in [-0.2, 0) is 23.5 Å². The number of halogens is 2. The Labute approximate surface area is 184 Å². The van der Waals surface area contributed by atoms with Crippen molar-refractivity contribution in [2.45, 2.75) is 6.42 Å². The fourth-order valence-electron chi connectivity index (χ4n) is 3.25. The van der Waals surface area contributed by atoms with Crippen LogP contribution >= 0.6 is 0 Å². The fraction of sp³-hybridized carbons (Fsp3) is 0.227. The number of rotatable bonds is 9. The lowest BCUT2D eigenvalue weighted by molar-refractivity contribution is 0.102. The number of hydrogen-bond donors (Lipinski definition) is 2. The first kappa shape index (κ1) is 23.4. The van der Waals surface area contributed by atoms with Gasteiger partial charge in [0.2, 0.25) is 15.8 Å². The summed E-state index contributed by atoms with van der Waals surface area (Å²) in [6.45, 7) is -0.547. The zero-order valence-corrected chi connectivity index (χ0v) is 18.2. The maximum atomic E-state index is 14.6. The molecule has 0 atom stereocenters. The number of nitrogens with zero attached hydrogens (tertiary/aromatic N) is 1. The number of ether oxygens (including phenoxy) is 1. The number of ketones is 1. The number of carbonyl (C=O) groups excluding carboxylic acids is 1. The lowest BCUT2D eigenvalue weighted by Crippen LogP contribution is -2.19. The minimum absolute atomic E-state index is 0.0471. The number of aliphatic hydroxyl groups is 1. The van der Waals surface area contributed by atoms with E-state index in [1.807, 2.05) is 0 Å². The standard InChI is InChI=1S/C22H22F2N2O5S/c1-26-17(6-8-20(26)22(28)18-7-4-15(23)12-21(18)31-2)11-14-3-5-16(13-19(14)24)25-32(29,30)10-9-27/h3-8,12-13,25,27H,9-11H2,1-2H3. The second-order valence-corrected chi connectivity index (χ2v) is 8.91. The highest BCUT2D eigenvalue weighted by Crippen LogP contribution is 2.25. The monoisotopic (exact) mass is 464 g/mol. The molecule has 32 heavy (non-hydrogen) atoms. The maximum absolute atomic E-state index is 14.6. The predicted octanol–water partition coefficient (Wildman–Crippen LogP) is 2.87. The molecular weight excluding hydrogens is 442 g/mol. The minimum Gasteiger partial charge on any atom is -0.496 e. The van der Waals surface area contributed by atoms with Gasteiger partial charge in [-0.3, -0.25) is 9.52 Å². The normalized spacial score (nSPS) is 11.4. The summed E-state index contributed by atoms with van der Waals surface area (Å²) in [5.74, 6) is -1.89. The van der Waals surface area contributed by atoms with Gasteiger partial charge in [0, 0.05) is 25.2 Å². The Kier molecular flexibility index (Phi) is 6.95.